The van der Waals surface area contributed by atoms with Crippen LogP contribution in [0.3, 0.4) is 0 Å². The van der Waals surface area contributed by atoms with Gasteiger partial charge in [-0.3, -0.25) is 0 Å². The van der Waals surface area contributed by atoms with Gasteiger partial charge in [-0.05, 0) is 19.9 Å². The molecular weight excluding hydrogens is 150 g/mol. The van der Waals surface area contributed by atoms with Crippen molar-refractivity contribution < 1.29 is 0 Å². The SMILES string of the molecule is CC.CC(C)Nc1ncccn1. The lowest BCUT2D eigenvalue weighted by atomic mass is 10.4. The van der Waals surface area contributed by atoms with Gasteiger partial charge in [0, 0.05) is 18.4 Å². The predicted molar refractivity (Wildman–Crippen MR) is 52.1 cm³/mol. The van der Waals surface area contributed by atoms with E-state index in [1.807, 2.05) is 13.8 Å². The first-order valence-corrected chi connectivity index (χ1v) is 4.32. The molecule has 0 aliphatic rings. The number of hydrogen-bond donors (Lipinski definition) is 1. The summed E-state index contributed by atoms with van der Waals surface area (Å²) in [7, 11) is 0. The van der Waals surface area contributed by atoms with Crippen molar-refractivity contribution >= 4 is 5.95 Å². The largest absolute Gasteiger partial charge is 0.352 e. The van der Waals surface area contributed by atoms with Crippen LogP contribution < -0.4 is 5.32 Å². The quantitative estimate of drug-likeness (QED) is 0.734. The van der Waals surface area contributed by atoms with E-state index in [1.54, 1.807) is 18.5 Å². The van der Waals surface area contributed by atoms with Crippen molar-refractivity contribution in [2.75, 3.05) is 5.32 Å². The molecule has 0 radical (unpaired) electrons. The Bertz CT molecular complexity index is 184. The average Bonchev–Trinajstić information content (AvgIpc) is 2.08. The second kappa shape index (κ2) is 6.58. The predicted octanol–water partition coefficient (Wildman–Crippen LogP) is 2.32. The number of hydrogen-bond acceptors (Lipinski definition) is 3. The van der Waals surface area contributed by atoms with E-state index >= 15 is 0 Å². The van der Waals surface area contributed by atoms with Gasteiger partial charge in [0.25, 0.3) is 0 Å². The zero-order valence-electron chi connectivity index (χ0n) is 8.20. The van der Waals surface area contributed by atoms with Crippen molar-refractivity contribution in [3.63, 3.8) is 0 Å². The van der Waals surface area contributed by atoms with Gasteiger partial charge in [0.1, 0.15) is 0 Å². The molecule has 3 nitrogen and oxygen atoms in total. The fourth-order valence-corrected chi connectivity index (χ4v) is 0.632. The molecule has 12 heavy (non-hydrogen) atoms. The minimum Gasteiger partial charge on any atom is -0.352 e. The molecule has 1 rings (SSSR count). The summed E-state index contributed by atoms with van der Waals surface area (Å²) in [5.74, 6) is 0.692. The summed E-state index contributed by atoms with van der Waals surface area (Å²) in [5.41, 5.74) is 0. The molecule has 3 heteroatoms. The lowest BCUT2D eigenvalue weighted by Crippen LogP contribution is -2.11. The highest BCUT2D eigenvalue weighted by atomic mass is 15.1. The third-order valence-electron chi connectivity index (χ3n) is 0.984. The first-order valence-electron chi connectivity index (χ1n) is 4.32. The van der Waals surface area contributed by atoms with Crippen LogP contribution in [-0.2, 0) is 0 Å². The molecule has 0 atom stereocenters. The van der Waals surface area contributed by atoms with Gasteiger partial charge in [0.15, 0.2) is 0 Å². The van der Waals surface area contributed by atoms with E-state index in [0.717, 1.165) is 0 Å². The van der Waals surface area contributed by atoms with Gasteiger partial charge in [-0.15, -0.1) is 0 Å². The summed E-state index contributed by atoms with van der Waals surface area (Å²) in [6.07, 6.45) is 3.44. The molecule has 0 fully saturated rings. The Morgan fingerprint density at radius 1 is 1.17 bits per heavy atom. The summed E-state index contributed by atoms with van der Waals surface area (Å²) < 4.78 is 0. The van der Waals surface area contributed by atoms with Gasteiger partial charge in [-0.25, -0.2) is 9.97 Å². The maximum atomic E-state index is 4.00. The molecule has 0 spiro atoms. The molecule has 0 saturated heterocycles. The van der Waals surface area contributed by atoms with E-state index in [4.69, 9.17) is 0 Å². The van der Waals surface area contributed by atoms with Crippen LogP contribution in [0.15, 0.2) is 18.5 Å². The molecule has 1 heterocycles. The van der Waals surface area contributed by atoms with Gasteiger partial charge in [0.05, 0.1) is 0 Å². The minimum atomic E-state index is 0.391. The Morgan fingerprint density at radius 2 is 1.67 bits per heavy atom. The van der Waals surface area contributed by atoms with Crippen molar-refractivity contribution in [3.8, 4) is 0 Å². The molecule has 1 aromatic rings. The minimum absolute atomic E-state index is 0.391. The van der Waals surface area contributed by atoms with Gasteiger partial charge >= 0.3 is 0 Å². The third-order valence-corrected chi connectivity index (χ3v) is 0.984. The summed E-state index contributed by atoms with van der Waals surface area (Å²) in [6, 6.07) is 2.19. The molecule has 0 aliphatic heterocycles. The maximum absolute atomic E-state index is 4.00. The molecule has 0 aromatic carbocycles. The van der Waals surface area contributed by atoms with E-state index in [2.05, 4.69) is 29.1 Å². The summed E-state index contributed by atoms with van der Waals surface area (Å²) in [4.78, 5) is 7.99. The number of nitrogens with one attached hydrogen (secondary N) is 1. The number of anilines is 1. The number of aromatic nitrogens is 2. The van der Waals surface area contributed by atoms with Crippen LogP contribution in [-0.4, -0.2) is 16.0 Å². The molecular formula is C9H17N3. The smallest absolute Gasteiger partial charge is 0.222 e. The topological polar surface area (TPSA) is 37.8 Å². The van der Waals surface area contributed by atoms with Crippen molar-refractivity contribution in [2.45, 2.75) is 33.7 Å². The maximum Gasteiger partial charge on any atom is 0.222 e. The van der Waals surface area contributed by atoms with Crippen molar-refractivity contribution in [2.24, 2.45) is 0 Å². The molecule has 68 valence electrons. The lowest BCUT2D eigenvalue weighted by Gasteiger charge is -2.05. The fraction of sp³-hybridized carbons (Fsp3) is 0.556. The Kier molecular flexibility index (Phi) is 5.97. The second-order valence-electron chi connectivity index (χ2n) is 2.37. The Labute approximate surface area is 74.3 Å². The van der Waals surface area contributed by atoms with Crippen LogP contribution in [0.2, 0.25) is 0 Å². The third kappa shape index (κ3) is 4.66. The first kappa shape index (κ1) is 10.9. The highest BCUT2D eigenvalue weighted by molar-refractivity contribution is 5.22. The van der Waals surface area contributed by atoms with Crippen molar-refractivity contribution in [1.82, 2.24) is 9.97 Å². The summed E-state index contributed by atoms with van der Waals surface area (Å²) in [5, 5.41) is 3.08. The molecule has 0 aliphatic carbocycles. The van der Waals surface area contributed by atoms with E-state index in [9.17, 15) is 0 Å². The van der Waals surface area contributed by atoms with Crippen molar-refractivity contribution in [3.05, 3.63) is 18.5 Å². The van der Waals surface area contributed by atoms with Crippen LogP contribution in [0, 0.1) is 0 Å². The first-order chi connectivity index (χ1) is 5.79. The normalized spacial score (nSPS) is 8.75. The van der Waals surface area contributed by atoms with Gasteiger partial charge in [0.2, 0.25) is 5.95 Å². The Balaban J connectivity index is 0.000000561. The number of rotatable bonds is 2. The summed E-state index contributed by atoms with van der Waals surface area (Å²) >= 11 is 0. The van der Waals surface area contributed by atoms with Crippen LogP contribution in [0.1, 0.15) is 27.7 Å². The highest BCUT2D eigenvalue weighted by Crippen LogP contribution is 1.95. The highest BCUT2D eigenvalue weighted by Gasteiger charge is 1.93. The Hall–Kier alpha value is -1.12. The van der Waals surface area contributed by atoms with Crippen LogP contribution in [0.4, 0.5) is 5.95 Å². The van der Waals surface area contributed by atoms with E-state index in [-0.39, 0.29) is 0 Å². The van der Waals surface area contributed by atoms with Gasteiger partial charge in [-0.2, -0.15) is 0 Å². The standard InChI is InChI=1S/C7H11N3.C2H6/c1-6(2)10-7-8-4-3-5-9-7;1-2/h3-6H,1-2H3,(H,8,9,10);1-2H3. The molecule has 0 bridgehead atoms. The molecule has 1 aromatic heterocycles. The molecule has 0 amide bonds. The molecule has 0 unspecified atom stereocenters. The van der Waals surface area contributed by atoms with E-state index in [1.165, 1.54) is 0 Å². The zero-order valence-corrected chi connectivity index (χ0v) is 8.20. The molecule has 0 saturated carbocycles. The van der Waals surface area contributed by atoms with E-state index < -0.39 is 0 Å². The van der Waals surface area contributed by atoms with Gasteiger partial charge in [-0.1, -0.05) is 13.8 Å². The van der Waals surface area contributed by atoms with Gasteiger partial charge < -0.3 is 5.32 Å². The zero-order chi connectivity index (χ0) is 9.40. The summed E-state index contributed by atoms with van der Waals surface area (Å²) in [6.45, 7) is 8.10. The Morgan fingerprint density at radius 3 is 2.08 bits per heavy atom. The van der Waals surface area contributed by atoms with Crippen LogP contribution in [0.5, 0.6) is 0 Å². The average molecular weight is 167 g/mol. The monoisotopic (exact) mass is 167 g/mol. The van der Waals surface area contributed by atoms with Crippen molar-refractivity contribution in [1.29, 1.82) is 0 Å². The van der Waals surface area contributed by atoms with Crippen LogP contribution >= 0.6 is 0 Å². The molecule has 1 N–H and O–H groups in total. The fourth-order valence-electron chi connectivity index (χ4n) is 0.632. The second-order valence-corrected chi connectivity index (χ2v) is 2.37. The number of nitrogens with zero attached hydrogens (tertiary/aromatic N) is 2. The van der Waals surface area contributed by atoms with E-state index in [0.29, 0.717) is 12.0 Å². The lowest BCUT2D eigenvalue weighted by molar-refractivity contribution is 0.874. The van der Waals surface area contributed by atoms with Crippen LogP contribution in [0.25, 0.3) is 0 Å².